The van der Waals surface area contributed by atoms with Crippen LogP contribution in [0.25, 0.3) is 0 Å². The van der Waals surface area contributed by atoms with Crippen LogP contribution in [-0.2, 0) is 9.59 Å². The number of nitrogens with one attached hydrogen (secondary N) is 3. The van der Waals surface area contributed by atoms with Crippen LogP contribution >= 0.6 is 12.4 Å². The number of carbonyl (C=O) groups is 2. The molecule has 0 aliphatic carbocycles. The monoisotopic (exact) mass is 303 g/mol. The molecule has 1 unspecified atom stereocenters. The standard InChI is InChI=1S/C13H18FN3O2.ClH/c1-8(7-15-3)13(19)17-10-4-5-11(14)12(6-10)16-9(2)18;/h4-6,8,15H,7H2,1-3H3,(H,16,18)(H,17,19);1H. The molecule has 3 N–H and O–H groups in total. The smallest absolute Gasteiger partial charge is 0.228 e. The topological polar surface area (TPSA) is 70.2 Å². The molecular formula is C13H19ClFN3O2. The van der Waals surface area contributed by atoms with Gasteiger partial charge in [0.15, 0.2) is 0 Å². The zero-order valence-corrected chi connectivity index (χ0v) is 12.4. The average molecular weight is 304 g/mol. The second-order valence-electron chi connectivity index (χ2n) is 4.32. The number of halogens is 2. The van der Waals surface area contributed by atoms with Gasteiger partial charge in [-0.2, -0.15) is 0 Å². The Bertz CT molecular complexity index is 483. The maximum absolute atomic E-state index is 13.4. The molecule has 0 bridgehead atoms. The van der Waals surface area contributed by atoms with Crippen molar-refractivity contribution in [3.05, 3.63) is 24.0 Å². The highest BCUT2D eigenvalue weighted by molar-refractivity contribution is 5.94. The van der Waals surface area contributed by atoms with Crippen LogP contribution in [0.3, 0.4) is 0 Å². The predicted octanol–water partition coefficient (Wildman–Crippen LogP) is 2.00. The van der Waals surface area contributed by atoms with Crippen molar-refractivity contribution in [2.75, 3.05) is 24.2 Å². The van der Waals surface area contributed by atoms with Crippen molar-refractivity contribution in [3.63, 3.8) is 0 Å². The normalized spacial score (nSPS) is 11.2. The van der Waals surface area contributed by atoms with E-state index in [-0.39, 0.29) is 35.8 Å². The van der Waals surface area contributed by atoms with Gasteiger partial charge in [-0.15, -0.1) is 12.4 Å². The number of hydrogen-bond donors (Lipinski definition) is 3. The lowest BCUT2D eigenvalue weighted by Gasteiger charge is -2.13. The second kappa shape index (κ2) is 8.50. The number of benzene rings is 1. The Labute approximate surface area is 123 Å². The van der Waals surface area contributed by atoms with Crippen LogP contribution in [0.2, 0.25) is 0 Å². The largest absolute Gasteiger partial charge is 0.326 e. The van der Waals surface area contributed by atoms with Crippen molar-refractivity contribution < 1.29 is 14.0 Å². The minimum Gasteiger partial charge on any atom is -0.326 e. The summed E-state index contributed by atoms with van der Waals surface area (Å²) >= 11 is 0. The van der Waals surface area contributed by atoms with Crippen molar-refractivity contribution in [2.24, 2.45) is 5.92 Å². The molecule has 0 fully saturated rings. The van der Waals surface area contributed by atoms with Crippen molar-refractivity contribution in [1.29, 1.82) is 0 Å². The van der Waals surface area contributed by atoms with Gasteiger partial charge in [0, 0.05) is 25.1 Å². The van der Waals surface area contributed by atoms with Crippen molar-refractivity contribution >= 4 is 35.6 Å². The molecule has 2 amide bonds. The van der Waals surface area contributed by atoms with E-state index in [1.807, 2.05) is 0 Å². The Morgan fingerprint density at radius 3 is 2.50 bits per heavy atom. The Balaban J connectivity index is 0.00000361. The highest BCUT2D eigenvalue weighted by Crippen LogP contribution is 2.20. The van der Waals surface area contributed by atoms with E-state index in [1.54, 1.807) is 14.0 Å². The third kappa shape index (κ3) is 5.54. The van der Waals surface area contributed by atoms with E-state index in [9.17, 15) is 14.0 Å². The molecule has 0 heterocycles. The summed E-state index contributed by atoms with van der Waals surface area (Å²) in [6.45, 7) is 3.62. The maximum Gasteiger partial charge on any atom is 0.228 e. The van der Waals surface area contributed by atoms with E-state index in [0.29, 0.717) is 12.2 Å². The first kappa shape index (κ1) is 18.3. The summed E-state index contributed by atoms with van der Waals surface area (Å²) in [4.78, 5) is 22.7. The maximum atomic E-state index is 13.4. The molecule has 0 radical (unpaired) electrons. The fourth-order valence-corrected chi connectivity index (χ4v) is 1.55. The van der Waals surface area contributed by atoms with Crippen LogP contribution in [0.15, 0.2) is 18.2 Å². The quantitative estimate of drug-likeness (QED) is 0.779. The van der Waals surface area contributed by atoms with E-state index in [2.05, 4.69) is 16.0 Å². The van der Waals surface area contributed by atoms with E-state index >= 15 is 0 Å². The molecule has 1 atom stereocenters. The first-order valence-electron chi connectivity index (χ1n) is 5.96. The van der Waals surface area contributed by atoms with Crippen LogP contribution in [0, 0.1) is 11.7 Å². The Kier molecular flexibility index (Phi) is 7.79. The molecule has 1 rings (SSSR count). The number of rotatable bonds is 5. The van der Waals surface area contributed by atoms with Crippen molar-refractivity contribution in [2.45, 2.75) is 13.8 Å². The lowest BCUT2D eigenvalue weighted by Crippen LogP contribution is -2.28. The molecule has 0 saturated heterocycles. The zero-order chi connectivity index (χ0) is 14.4. The fourth-order valence-electron chi connectivity index (χ4n) is 1.55. The predicted molar refractivity (Wildman–Crippen MR) is 79.7 cm³/mol. The van der Waals surface area contributed by atoms with Gasteiger partial charge in [0.2, 0.25) is 11.8 Å². The minimum atomic E-state index is -0.545. The number of hydrogen-bond acceptors (Lipinski definition) is 3. The second-order valence-corrected chi connectivity index (χ2v) is 4.32. The number of amides is 2. The SMILES string of the molecule is CNCC(C)C(=O)Nc1ccc(F)c(NC(C)=O)c1.Cl. The number of carbonyl (C=O) groups excluding carboxylic acids is 2. The summed E-state index contributed by atoms with van der Waals surface area (Å²) in [5, 5.41) is 7.94. The molecule has 0 saturated carbocycles. The molecule has 7 heteroatoms. The van der Waals surface area contributed by atoms with Crippen LogP contribution in [0.4, 0.5) is 15.8 Å². The van der Waals surface area contributed by atoms with E-state index in [1.165, 1.54) is 25.1 Å². The zero-order valence-electron chi connectivity index (χ0n) is 11.6. The first-order chi connectivity index (χ1) is 8.93. The minimum absolute atomic E-state index is 0. The van der Waals surface area contributed by atoms with E-state index in [4.69, 9.17) is 0 Å². The summed E-state index contributed by atoms with van der Waals surface area (Å²) in [5.41, 5.74) is 0.490. The van der Waals surface area contributed by atoms with Crippen LogP contribution < -0.4 is 16.0 Å². The van der Waals surface area contributed by atoms with Gasteiger partial charge in [-0.1, -0.05) is 6.92 Å². The van der Waals surface area contributed by atoms with Crippen LogP contribution in [0.5, 0.6) is 0 Å². The van der Waals surface area contributed by atoms with Gasteiger partial charge in [0.25, 0.3) is 0 Å². The summed E-state index contributed by atoms with van der Waals surface area (Å²) in [7, 11) is 1.76. The highest BCUT2D eigenvalue weighted by atomic mass is 35.5. The van der Waals surface area contributed by atoms with Gasteiger partial charge in [0.1, 0.15) is 5.82 Å². The van der Waals surface area contributed by atoms with E-state index in [0.717, 1.165) is 0 Å². The third-order valence-corrected chi connectivity index (χ3v) is 2.50. The molecule has 0 aliphatic rings. The molecular weight excluding hydrogens is 285 g/mol. The van der Waals surface area contributed by atoms with Gasteiger partial charge in [-0.25, -0.2) is 4.39 Å². The fraction of sp³-hybridized carbons (Fsp3) is 0.385. The molecule has 5 nitrogen and oxygen atoms in total. The summed E-state index contributed by atoms with van der Waals surface area (Å²) in [5.74, 6) is -1.29. The van der Waals surface area contributed by atoms with Gasteiger partial charge >= 0.3 is 0 Å². The molecule has 0 spiro atoms. The van der Waals surface area contributed by atoms with Gasteiger partial charge in [-0.3, -0.25) is 9.59 Å². The summed E-state index contributed by atoms with van der Waals surface area (Å²) < 4.78 is 13.4. The molecule has 112 valence electrons. The van der Waals surface area contributed by atoms with Gasteiger partial charge < -0.3 is 16.0 Å². The van der Waals surface area contributed by atoms with Gasteiger partial charge in [-0.05, 0) is 25.2 Å². The molecule has 0 aromatic heterocycles. The first-order valence-corrected chi connectivity index (χ1v) is 5.96. The lowest BCUT2D eigenvalue weighted by molar-refractivity contribution is -0.119. The number of anilines is 2. The van der Waals surface area contributed by atoms with Crippen LogP contribution in [0.1, 0.15) is 13.8 Å². The highest BCUT2D eigenvalue weighted by Gasteiger charge is 2.13. The van der Waals surface area contributed by atoms with Crippen molar-refractivity contribution in [3.8, 4) is 0 Å². The Morgan fingerprint density at radius 2 is 1.95 bits per heavy atom. The van der Waals surface area contributed by atoms with Crippen LogP contribution in [-0.4, -0.2) is 25.4 Å². The Hall–Kier alpha value is -1.66. The van der Waals surface area contributed by atoms with Gasteiger partial charge in [0.05, 0.1) is 5.69 Å². The molecule has 1 aromatic rings. The van der Waals surface area contributed by atoms with Crippen molar-refractivity contribution in [1.82, 2.24) is 5.32 Å². The third-order valence-electron chi connectivity index (χ3n) is 2.50. The average Bonchev–Trinajstić information content (AvgIpc) is 2.33. The summed E-state index contributed by atoms with van der Waals surface area (Å²) in [6, 6.07) is 4.04. The van der Waals surface area contributed by atoms with E-state index < -0.39 is 5.82 Å². The Morgan fingerprint density at radius 1 is 1.30 bits per heavy atom. The summed E-state index contributed by atoms with van der Waals surface area (Å²) in [6.07, 6.45) is 0. The molecule has 20 heavy (non-hydrogen) atoms. The molecule has 0 aliphatic heterocycles. The lowest BCUT2D eigenvalue weighted by atomic mass is 10.1. The molecule has 1 aromatic carbocycles.